The van der Waals surface area contributed by atoms with Crippen LogP contribution in [-0.2, 0) is 6.54 Å². The zero-order valence-electron chi connectivity index (χ0n) is 15.7. The lowest BCUT2D eigenvalue weighted by molar-refractivity contribution is 0.180. The highest BCUT2D eigenvalue weighted by Gasteiger charge is 2.09. The molecule has 142 valence electrons. The molecule has 1 atom stereocenters. The SMILES string of the molecule is CCNC(=NCc1csc(N(C)C)n1)NCC(O)c1ccc(OC)cc1. The number of methoxy groups -OCH3 is 1. The van der Waals surface area contributed by atoms with Crippen LogP contribution in [0.5, 0.6) is 5.75 Å². The van der Waals surface area contributed by atoms with E-state index in [0.717, 1.165) is 28.7 Å². The number of thiazole rings is 1. The van der Waals surface area contributed by atoms with E-state index in [1.165, 1.54) is 0 Å². The number of guanidine groups is 1. The van der Waals surface area contributed by atoms with Crippen LogP contribution in [0.3, 0.4) is 0 Å². The number of nitrogens with zero attached hydrogens (tertiary/aromatic N) is 3. The topological polar surface area (TPSA) is 82.0 Å². The monoisotopic (exact) mass is 377 g/mol. The first-order chi connectivity index (χ1) is 12.5. The van der Waals surface area contributed by atoms with Gasteiger partial charge in [-0.25, -0.2) is 9.98 Å². The van der Waals surface area contributed by atoms with Crippen LogP contribution < -0.4 is 20.3 Å². The molecule has 0 saturated heterocycles. The molecule has 2 rings (SSSR count). The first-order valence-corrected chi connectivity index (χ1v) is 9.37. The summed E-state index contributed by atoms with van der Waals surface area (Å²) in [5.74, 6) is 1.42. The number of hydrogen-bond donors (Lipinski definition) is 3. The normalized spacial score (nSPS) is 12.6. The van der Waals surface area contributed by atoms with Gasteiger partial charge in [-0.1, -0.05) is 12.1 Å². The molecule has 2 aromatic rings. The molecule has 1 unspecified atom stereocenters. The Kier molecular flexibility index (Phi) is 7.68. The van der Waals surface area contributed by atoms with Crippen LogP contribution in [0.1, 0.15) is 24.3 Å². The van der Waals surface area contributed by atoms with Crippen molar-refractivity contribution in [2.24, 2.45) is 4.99 Å². The van der Waals surface area contributed by atoms with E-state index in [1.807, 2.05) is 55.6 Å². The van der Waals surface area contributed by atoms with Gasteiger partial charge in [0.15, 0.2) is 11.1 Å². The zero-order valence-corrected chi connectivity index (χ0v) is 16.5. The lowest BCUT2D eigenvalue weighted by Gasteiger charge is -2.15. The van der Waals surface area contributed by atoms with Gasteiger partial charge in [0.2, 0.25) is 0 Å². The van der Waals surface area contributed by atoms with Crippen molar-refractivity contribution in [2.75, 3.05) is 39.2 Å². The fourth-order valence-electron chi connectivity index (χ4n) is 2.21. The van der Waals surface area contributed by atoms with Gasteiger partial charge in [-0.2, -0.15) is 0 Å². The van der Waals surface area contributed by atoms with Crippen molar-refractivity contribution in [2.45, 2.75) is 19.6 Å². The second-order valence-electron chi connectivity index (χ2n) is 5.88. The minimum Gasteiger partial charge on any atom is -0.497 e. The largest absolute Gasteiger partial charge is 0.497 e. The molecule has 0 fully saturated rings. The molecule has 0 aliphatic carbocycles. The maximum absolute atomic E-state index is 10.3. The number of nitrogens with one attached hydrogen (secondary N) is 2. The Hall–Kier alpha value is -2.32. The summed E-state index contributed by atoms with van der Waals surface area (Å²) in [7, 11) is 5.56. The number of aromatic nitrogens is 1. The highest BCUT2D eigenvalue weighted by molar-refractivity contribution is 7.13. The number of rotatable bonds is 8. The smallest absolute Gasteiger partial charge is 0.191 e. The third kappa shape index (κ3) is 5.89. The first-order valence-electron chi connectivity index (χ1n) is 8.49. The number of hydrogen-bond acceptors (Lipinski definition) is 6. The van der Waals surface area contributed by atoms with E-state index in [4.69, 9.17) is 4.74 Å². The van der Waals surface area contributed by atoms with Crippen LogP contribution in [-0.4, -0.2) is 50.3 Å². The van der Waals surface area contributed by atoms with Gasteiger partial charge >= 0.3 is 0 Å². The van der Waals surface area contributed by atoms with Crippen LogP contribution in [0.15, 0.2) is 34.6 Å². The Balaban J connectivity index is 1.93. The van der Waals surface area contributed by atoms with Crippen LogP contribution in [0, 0.1) is 0 Å². The van der Waals surface area contributed by atoms with Gasteiger partial charge in [0, 0.05) is 32.6 Å². The van der Waals surface area contributed by atoms with Crippen LogP contribution in [0.2, 0.25) is 0 Å². The Labute approximate surface area is 158 Å². The van der Waals surface area contributed by atoms with E-state index in [9.17, 15) is 5.11 Å². The summed E-state index contributed by atoms with van der Waals surface area (Å²) in [4.78, 5) is 11.0. The Morgan fingerprint density at radius 2 is 2.04 bits per heavy atom. The van der Waals surface area contributed by atoms with Crippen LogP contribution in [0.4, 0.5) is 5.13 Å². The van der Waals surface area contributed by atoms with Gasteiger partial charge in [0.25, 0.3) is 0 Å². The van der Waals surface area contributed by atoms with Gasteiger partial charge in [0.05, 0.1) is 25.5 Å². The van der Waals surface area contributed by atoms with Gasteiger partial charge in [0.1, 0.15) is 5.75 Å². The molecule has 1 aromatic heterocycles. The molecule has 0 spiro atoms. The predicted octanol–water partition coefficient (Wildman–Crippen LogP) is 2.01. The second kappa shape index (κ2) is 9.98. The number of aliphatic imine (C=N–C) groups is 1. The third-order valence-electron chi connectivity index (χ3n) is 3.63. The number of aliphatic hydroxyl groups is 1. The molecule has 7 nitrogen and oxygen atoms in total. The van der Waals surface area contributed by atoms with E-state index < -0.39 is 6.10 Å². The van der Waals surface area contributed by atoms with E-state index >= 15 is 0 Å². The molecule has 0 aliphatic rings. The average molecular weight is 378 g/mol. The Bertz CT molecular complexity index is 700. The van der Waals surface area contributed by atoms with Gasteiger partial charge < -0.3 is 25.4 Å². The molecule has 3 N–H and O–H groups in total. The summed E-state index contributed by atoms with van der Waals surface area (Å²) in [6.07, 6.45) is -0.635. The summed E-state index contributed by atoms with van der Waals surface area (Å²) in [5.41, 5.74) is 1.75. The quantitative estimate of drug-likeness (QED) is 0.482. The van der Waals surface area contributed by atoms with Crippen molar-refractivity contribution >= 4 is 22.4 Å². The van der Waals surface area contributed by atoms with Crippen molar-refractivity contribution in [3.8, 4) is 5.75 Å². The zero-order chi connectivity index (χ0) is 18.9. The van der Waals surface area contributed by atoms with Crippen molar-refractivity contribution in [1.29, 1.82) is 0 Å². The highest BCUT2D eigenvalue weighted by Crippen LogP contribution is 2.18. The first kappa shape index (κ1) is 20.0. The summed E-state index contributed by atoms with van der Waals surface area (Å²) in [5, 5.41) is 19.7. The highest BCUT2D eigenvalue weighted by atomic mass is 32.1. The van der Waals surface area contributed by atoms with Crippen molar-refractivity contribution < 1.29 is 9.84 Å². The lowest BCUT2D eigenvalue weighted by Crippen LogP contribution is -2.39. The fourth-order valence-corrected chi connectivity index (χ4v) is 2.96. The molecule has 0 bridgehead atoms. The summed E-state index contributed by atoms with van der Waals surface area (Å²) in [6, 6.07) is 7.38. The van der Waals surface area contributed by atoms with Crippen LogP contribution in [0.25, 0.3) is 0 Å². The summed E-state index contributed by atoms with van der Waals surface area (Å²) >= 11 is 1.60. The molecule has 1 aromatic carbocycles. The standard InChI is InChI=1S/C18H27N5O2S/c1-5-19-17(20-10-14-12-26-18(22-14)23(2)3)21-11-16(24)13-6-8-15(25-4)9-7-13/h6-9,12,16,24H,5,10-11H2,1-4H3,(H2,19,20,21). The van der Waals surface area contributed by atoms with Gasteiger partial charge in [-0.15, -0.1) is 11.3 Å². The molecule has 8 heteroatoms. The molecule has 0 aliphatic heterocycles. The minimum atomic E-state index is -0.635. The molecular weight excluding hydrogens is 350 g/mol. The van der Waals surface area contributed by atoms with Gasteiger partial charge in [-0.3, -0.25) is 0 Å². The molecule has 0 radical (unpaired) electrons. The van der Waals surface area contributed by atoms with Crippen molar-refractivity contribution in [3.05, 3.63) is 40.9 Å². The Morgan fingerprint density at radius 1 is 1.31 bits per heavy atom. The van der Waals surface area contributed by atoms with E-state index in [1.54, 1.807) is 18.4 Å². The van der Waals surface area contributed by atoms with E-state index in [2.05, 4.69) is 20.6 Å². The molecule has 0 amide bonds. The number of aliphatic hydroxyl groups excluding tert-OH is 1. The predicted molar refractivity (Wildman–Crippen MR) is 107 cm³/mol. The Morgan fingerprint density at radius 3 is 2.62 bits per heavy atom. The third-order valence-corrected chi connectivity index (χ3v) is 4.69. The molecule has 26 heavy (non-hydrogen) atoms. The van der Waals surface area contributed by atoms with Gasteiger partial charge in [-0.05, 0) is 24.6 Å². The maximum Gasteiger partial charge on any atom is 0.191 e. The number of anilines is 1. The molecule has 0 saturated carbocycles. The van der Waals surface area contributed by atoms with E-state index in [-0.39, 0.29) is 0 Å². The average Bonchev–Trinajstić information content (AvgIpc) is 3.13. The second-order valence-corrected chi connectivity index (χ2v) is 6.72. The number of ether oxygens (including phenoxy) is 1. The van der Waals surface area contributed by atoms with Crippen molar-refractivity contribution in [3.63, 3.8) is 0 Å². The fraction of sp³-hybridized carbons (Fsp3) is 0.444. The minimum absolute atomic E-state index is 0.359. The maximum atomic E-state index is 10.3. The molecular formula is C18H27N5O2S. The van der Waals surface area contributed by atoms with Crippen LogP contribution >= 0.6 is 11.3 Å². The van der Waals surface area contributed by atoms with Crippen molar-refractivity contribution in [1.82, 2.24) is 15.6 Å². The summed E-state index contributed by atoms with van der Waals surface area (Å²) in [6.45, 7) is 3.59. The number of benzene rings is 1. The van der Waals surface area contributed by atoms with E-state index in [0.29, 0.717) is 19.0 Å². The lowest BCUT2D eigenvalue weighted by atomic mass is 10.1. The summed E-state index contributed by atoms with van der Waals surface area (Å²) < 4.78 is 5.14. The molecule has 1 heterocycles.